The summed E-state index contributed by atoms with van der Waals surface area (Å²) in [6, 6.07) is 5.55. The number of rotatable bonds is 12. The fraction of sp³-hybridized carbons (Fsp3) is 0.526. The van der Waals surface area contributed by atoms with E-state index in [0.29, 0.717) is 5.56 Å². The smallest absolute Gasteiger partial charge is 0.323 e. The molecule has 1 aliphatic rings. The predicted octanol–water partition coefficient (Wildman–Crippen LogP) is -0.410. The van der Waals surface area contributed by atoms with Crippen LogP contribution in [0.15, 0.2) is 29.3 Å². The number of nitrogens with one attached hydrogen (secondary N) is 4. The van der Waals surface area contributed by atoms with E-state index in [-0.39, 0.29) is 18.1 Å². The number of amides is 1. The quantitative estimate of drug-likeness (QED) is 0.179. The Morgan fingerprint density at radius 3 is 2.61 bits per heavy atom. The molecule has 1 atom stereocenters. The van der Waals surface area contributed by atoms with Crippen LogP contribution < -0.4 is 20.7 Å². The van der Waals surface area contributed by atoms with Crippen LogP contribution in [0.3, 0.4) is 0 Å². The molecule has 5 N–H and O–H groups in total. The molecule has 172 valence electrons. The molecule has 1 aromatic carbocycles. The molecule has 0 radical (unpaired) electrons. The molecule has 0 aromatic heterocycles. The Bertz CT molecular complexity index is 874. The first-order valence-corrected chi connectivity index (χ1v) is 12.3. The van der Waals surface area contributed by atoms with Crippen molar-refractivity contribution in [1.29, 1.82) is 0 Å². The summed E-state index contributed by atoms with van der Waals surface area (Å²) in [4.78, 5) is 27.9. The van der Waals surface area contributed by atoms with Gasteiger partial charge in [0.1, 0.15) is 6.04 Å². The van der Waals surface area contributed by atoms with Gasteiger partial charge in [0.05, 0.1) is 5.75 Å². The molecule has 10 nitrogen and oxygen atoms in total. The molecule has 0 aliphatic carbocycles. The minimum atomic E-state index is -3.79. The molecule has 0 saturated carbocycles. The van der Waals surface area contributed by atoms with Gasteiger partial charge in [0, 0.05) is 37.5 Å². The van der Waals surface area contributed by atoms with Crippen LogP contribution in [0, 0.1) is 0 Å². The number of sulfonamides is 1. The Hall–Kier alpha value is -2.31. The van der Waals surface area contributed by atoms with Gasteiger partial charge in [-0.25, -0.2) is 8.42 Å². The van der Waals surface area contributed by atoms with Crippen molar-refractivity contribution in [3.63, 3.8) is 0 Å². The maximum atomic E-state index is 12.3. The molecule has 0 spiro atoms. The first kappa shape index (κ1) is 25.0. The van der Waals surface area contributed by atoms with Crippen molar-refractivity contribution in [2.45, 2.75) is 25.3 Å². The van der Waals surface area contributed by atoms with Crippen molar-refractivity contribution in [1.82, 2.24) is 20.7 Å². The number of aliphatic imine (C=N–C) groups is 1. The van der Waals surface area contributed by atoms with E-state index in [9.17, 15) is 23.1 Å². The normalized spacial score (nSPS) is 14.8. The molecule has 0 bridgehead atoms. The topological polar surface area (TPSA) is 149 Å². The summed E-state index contributed by atoms with van der Waals surface area (Å²) in [5, 5.41) is 18.1. The van der Waals surface area contributed by atoms with E-state index in [2.05, 4.69) is 38.3 Å². The van der Waals surface area contributed by atoms with E-state index in [1.165, 1.54) is 0 Å². The fourth-order valence-electron chi connectivity index (χ4n) is 2.85. The summed E-state index contributed by atoms with van der Waals surface area (Å²) in [5.74, 6) is -1.26. The van der Waals surface area contributed by atoms with Crippen LogP contribution in [0.5, 0.6) is 0 Å². The number of carboxylic acid groups (broad SMARTS) is 1. The van der Waals surface area contributed by atoms with Crippen molar-refractivity contribution < 1.29 is 23.1 Å². The number of thiol groups is 1. The Morgan fingerprint density at radius 1 is 1.26 bits per heavy atom. The Kier molecular flexibility index (Phi) is 10.1. The van der Waals surface area contributed by atoms with Gasteiger partial charge in [-0.05, 0) is 37.0 Å². The van der Waals surface area contributed by atoms with Gasteiger partial charge >= 0.3 is 5.97 Å². The van der Waals surface area contributed by atoms with Gasteiger partial charge in [-0.1, -0.05) is 12.1 Å². The van der Waals surface area contributed by atoms with Gasteiger partial charge in [-0.3, -0.25) is 14.6 Å². The molecule has 1 heterocycles. The van der Waals surface area contributed by atoms with Crippen LogP contribution in [-0.4, -0.2) is 75.1 Å². The Balaban J connectivity index is 1.78. The molecule has 31 heavy (non-hydrogen) atoms. The highest BCUT2D eigenvalue weighted by atomic mass is 32.2. The lowest BCUT2D eigenvalue weighted by Crippen LogP contribution is -2.49. The van der Waals surface area contributed by atoms with Crippen molar-refractivity contribution in [2.24, 2.45) is 4.99 Å². The zero-order chi connectivity index (χ0) is 22.7. The summed E-state index contributed by atoms with van der Waals surface area (Å²) in [6.45, 7) is 2.19. The summed E-state index contributed by atoms with van der Waals surface area (Å²) in [5.41, 5.74) is 1.44. The zero-order valence-corrected chi connectivity index (χ0v) is 18.8. The Labute approximate surface area is 187 Å². The number of guanidine groups is 1. The minimum Gasteiger partial charge on any atom is -0.480 e. The van der Waals surface area contributed by atoms with Gasteiger partial charge in [0.15, 0.2) is 5.96 Å². The number of hydrogen-bond donors (Lipinski definition) is 6. The molecule has 2 rings (SSSR count). The van der Waals surface area contributed by atoms with Gasteiger partial charge in [0.25, 0.3) is 5.91 Å². The van der Waals surface area contributed by atoms with E-state index in [1.54, 1.807) is 12.1 Å². The third-order valence-corrected chi connectivity index (χ3v) is 6.41. The molecule has 0 fully saturated rings. The van der Waals surface area contributed by atoms with Crippen molar-refractivity contribution >= 4 is 40.5 Å². The van der Waals surface area contributed by atoms with Crippen LogP contribution >= 0.6 is 12.6 Å². The molecule has 1 amide bonds. The second-order valence-electron chi connectivity index (χ2n) is 7.00. The summed E-state index contributed by atoms with van der Waals surface area (Å²) < 4.78 is 25.5. The lowest BCUT2D eigenvalue weighted by molar-refractivity contribution is -0.138. The van der Waals surface area contributed by atoms with Crippen LogP contribution in [0.4, 0.5) is 0 Å². The number of carboxylic acids is 1. The number of aliphatic carboxylic acids is 1. The second kappa shape index (κ2) is 12.5. The molecule has 1 aromatic rings. The second-order valence-corrected chi connectivity index (χ2v) is 9.32. The maximum Gasteiger partial charge on any atom is 0.323 e. The van der Waals surface area contributed by atoms with Crippen molar-refractivity contribution in [3.05, 3.63) is 35.4 Å². The molecule has 0 saturated heterocycles. The summed E-state index contributed by atoms with van der Waals surface area (Å²) in [7, 11) is -3.79. The standard InChI is InChI=1S/C19H29N5O5S2/c25-17(23-13-16(18(26)27)24-31(28,29)12-11-30)15-6-4-14(5-7-15)3-1-8-20-19-21-9-2-10-22-19/h4-7,16,24,30H,1-3,8-13H2,(H,23,25)(H,26,27)(H2,20,21,22)/t16-/m0/s1. The van der Waals surface area contributed by atoms with Crippen LogP contribution in [0.1, 0.15) is 28.8 Å². The molecular formula is C19H29N5O5S2. The van der Waals surface area contributed by atoms with E-state index in [0.717, 1.165) is 50.4 Å². The van der Waals surface area contributed by atoms with Gasteiger partial charge in [0.2, 0.25) is 10.0 Å². The summed E-state index contributed by atoms with van der Waals surface area (Å²) in [6.07, 6.45) is 2.78. The van der Waals surface area contributed by atoms with E-state index in [4.69, 9.17) is 0 Å². The lowest BCUT2D eigenvalue weighted by atomic mass is 10.1. The number of benzene rings is 1. The largest absolute Gasteiger partial charge is 0.480 e. The third-order valence-electron chi connectivity index (χ3n) is 4.49. The highest BCUT2D eigenvalue weighted by molar-refractivity contribution is 7.90. The fourth-order valence-corrected chi connectivity index (χ4v) is 4.54. The van der Waals surface area contributed by atoms with Gasteiger partial charge < -0.3 is 21.1 Å². The highest BCUT2D eigenvalue weighted by Gasteiger charge is 2.24. The molecule has 1 aliphatic heterocycles. The number of nitrogens with zero attached hydrogens (tertiary/aromatic N) is 1. The molecule has 0 unspecified atom stereocenters. The Morgan fingerprint density at radius 2 is 2.00 bits per heavy atom. The predicted molar refractivity (Wildman–Crippen MR) is 122 cm³/mol. The van der Waals surface area contributed by atoms with E-state index < -0.39 is 27.9 Å². The zero-order valence-electron chi connectivity index (χ0n) is 17.1. The van der Waals surface area contributed by atoms with E-state index in [1.807, 2.05) is 12.1 Å². The van der Waals surface area contributed by atoms with Crippen LogP contribution in [0.25, 0.3) is 0 Å². The third kappa shape index (κ3) is 9.15. The number of carbonyl (C=O) groups excluding carboxylic acids is 1. The van der Waals surface area contributed by atoms with Crippen molar-refractivity contribution in [2.75, 3.05) is 37.7 Å². The lowest BCUT2D eigenvalue weighted by Gasteiger charge is -2.16. The van der Waals surface area contributed by atoms with Crippen molar-refractivity contribution in [3.8, 4) is 0 Å². The van der Waals surface area contributed by atoms with E-state index >= 15 is 0 Å². The number of aryl methyl sites for hydroxylation is 1. The van der Waals surface area contributed by atoms with Crippen LogP contribution in [0.2, 0.25) is 0 Å². The van der Waals surface area contributed by atoms with Gasteiger partial charge in [-0.2, -0.15) is 17.4 Å². The average Bonchev–Trinajstić information content (AvgIpc) is 2.75. The number of hydrogen-bond acceptors (Lipinski definition) is 8. The molecule has 12 heteroatoms. The number of carbonyl (C=O) groups is 2. The average molecular weight is 472 g/mol. The monoisotopic (exact) mass is 471 g/mol. The van der Waals surface area contributed by atoms with Crippen LogP contribution in [-0.2, 0) is 21.2 Å². The van der Waals surface area contributed by atoms with Gasteiger partial charge in [-0.15, -0.1) is 0 Å². The SMILES string of the molecule is O=C(NC[C@H](NS(=O)(=O)CCS)C(=O)O)c1ccc(CCCNC2=NCCCN2)cc1. The maximum absolute atomic E-state index is 12.3. The summed E-state index contributed by atoms with van der Waals surface area (Å²) >= 11 is 3.83. The minimum absolute atomic E-state index is 0.0576. The highest BCUT2D eigenvalue weighted by Crippen LogP contribution is 2.07. The molecular weight excluding hydrogens is 442 g/mol. The first-order valence-electron chi connectivity index (χ1n) is 10.0. The first-order chi connectivity index (χ1) is 14.8.